The zero-order valence-electron chi connectivity index (χ0n) is 10.3. The monoisotopic (exact) mass is 285 g/mol. The van der Waals surface area contributed by atoms with E-state index in [0.29, 0.717) is 11.9 Å². The molecule has 2 atom stereocenters. The fourth-order valence-electron chi connectivity index (χ4n) is 2.25. The topological polar surface area (TPSA) is 29.8 Å². The van der Waals surface area contributed by atoms with Crippen molar-refractivity contribution < 1.29 is 4.74 Å². The van der Waals surface area contributed by atoms with E-state index in [1.807, 2.05) is 11.6 Å². The fraction of sp³-hybridized carbons (Fsp3) is 0.583. The summed E-state index contributed by atoms with van der Waals surface area (Å²) in [6.07, 6.45) is 4.29. The summed E-state index contributed by atoms with van der Waals surface area (Å²) in [5, 5.41) is 2.05. The van der Waals surface area contributed by atoms with Crippen LogP contribution < -0.4 is 0 Å². The molecule has 3 heterocycles. The van der Waals surface area contributed by atoms with E-state index < -0.39 is 0 Å². The van der Waals surface area contributed by atoms with Crippen molar-refractivity contribution in [1.82, 2.24) is 14.3 Å². The molecule has 3 rings (SSSR count). The second kappa shape index (κ2) is 5.17. The lowest BCUT2D eigenvalue weighted by atomic mass is 10.2. The summed E-state index contributed by atoms with van der Waals surface area (Å²) >= 11 is 7.54. The Morgan fingerprint density at radius 1 is 1.61 bits per heavy atom. The van der Waals surface area contributed by atoms with Gasteiger partial charge in [-0.3, -0.25) is 9.30 Å². The highest BCUT2D eigenvalue weighted by Gasteiger charge is 2.26. The molecule has 0 saturated carbocycles. The minimum atomic E-state index is 0.145. The van der Waals surface area contributed by atoms with Crippen LogP contribution in [0.25, 0.3) is 4.96 Å². The van der Waals surface area contributed by atoms with Crippen molar-refractivity contribution in [3.05, 3.63) is 23.5 Å². The maximum Gasteiger partial charge on any atom is 0.193 e. The zero-order chi connectivity index (χ0) is 12.5. The van der Waals surface area contributed by atoms with Crippen LogP contribution >= 0.6 is 22.9 Å². The lowest BCUT2D eigenvalue weighted by Gasteiger charge is -2.36. The third-order valence-corrected chi connectivity index (χ3v) is 4.43. The summed E-state index contributed by atoms with van der Waals surface area (Å²) in [5.74, 6) is 0.557. The van der Waals surface area contributed by atoms with Crippen LogP contribution in [0.4, 0.5) is 0 Å². The number of hydrogen-bond acceptors (Lipinski definition) is 4. The van der Waals surface area contributed by atoms with Crippen LogP contribution in [0.5, 0.6) is 0 Å². The number of nitrogens with zero attached hydrogens (tertiary/aromatic N) is 3. The van der Waals surface area contributed by atoms with Crippen molar-refractivity contribution in [1.29, 1.82) is 0 Å². The van der Waals surface area contributed by atoms with E-state index in [0.717, 1.165) is 30.4 Å². The molecule has 1 fully saturated rings. The fourth-order valence-corrected chi connectivity index (χ4v) is 3.15. The van der Waals surface area contributed by atoms with Crippen molar-refractivity contribution in [2.75, 3.05) is 19.0 Å². The van der Waals surface area contributed by atoms with Crippen molar-refractivity contribution in [3.63, 3.8) is 0 Å². The summed E-state index contributed by atoms with van der Waals surface area (Å²) in [4.78, 5) is 8.07. The Morgan fingerprint density at radius 3 is 3.28 bits per heavy atom. The Balaban J connectivity index is 1.72. The first kappa shape index (κ1) is 12.4. The molecule has 0 N–H and O–H groups in total. The van der Waals surface area contributed by atoms with E-state index >= 15 is 0 Å². The highest BCUT2D eigenvalue weighted by Crippen LogP contribution is 2.18. The molecule has 2 aromatic heterocycles. The smallest absolute Gasteiger partial charge is 0.193 e. The van der Waals surface area contributed by atoms with Crippen molar-refractivity contribution in [2.45, 2.75) is 25.6 Å². The van der Waals surface area contributed by atoms with Gasteiger partial charge in [-0.2, -0.15) is 0 Å². The van der Waals surface area contributed by atoms with Crippen LogP contribution in [0.3, 0.4) is 0 Å². The summed E-state index contributed by atoms with van der Waals surface area (Å²) in [6.45, 7) is 4.69. The van der Waals surface area contributed by atoms with E-state index in [1.54, 1.807) is 11.3 Å². The number of thiazole rings is 1. The zero-order valence-corrected chi connectivity index (χ0v) is 11.8. The van der Waals surface area contributed by atoms with Gasteiger partial charge in [0.05, 0.1) is 18.4 Å². The number of fused-ring (bicyclic) bond motifs is 1. The molecule has 1 saturated heterocycles. The van der Waals surface area contributed by atoms with Gasteiger partial charge in [0.15, 0.2) is 4.96 Å². The minimum Gasteiger partial charge on any atom is -0.374 e. The van der Waals surface area contributed by atoms with Gasteiger partial charge in [0.1, 0.15) is 0 Å². The highest BCUT2D eigenvalue weighted by atomic mass is 35.5. The first-order valence-electron chi connectivity index (χ1n) is 6.09. The molecule has 0 aliphatic carbocycles. The molecule has 2 unspecified atom stereocenters. The Morgan fingerprint density at radius 2 is 2.50 bits per heavy atom. The lowest BCUT2D eigenvalue weighted by molar-refractivity contribution is -0.0514. The Bertz CT molecular complexity index is 498. The molecule has 6 heteroatoms. The largest absolute Gasteiger partial charge is 0.374 e. The Hall–Kier alpha value is -0.620. The average Bonchev–Trinajstić information content (AvgIpc) is 2.92. The maximum absolute atomic E-state index is 5.87. The van der Waals surface area contributed by atoms with Gasteiger partial charge in [0.2, 0.25) is 0 Å². The van der Waals surface area contributed by atoms with Gasteiger partial charge >= 0.3 is 0 Å². The summed E-state index contributed by atoms with van der Waals surface area (Å²) in [7, 11) is 0. The lowest BCUT2D eigenvalue weighted by Crippen LogP contribution is -2.48. The molecule has 1 aliphatic heterocycles. The van der Waals surface area contributed by atoms with Gasteiger partial charge in [-0.1, -0.05) is 0 Å². The molecule has 0 spiro atoms. The van der Waals surface area contributed by atoms with Gasteiger partial charge in [0.25, 0.3) is 0 Å². The maximum atomic E-state index is 5.87. The van der Waals surface area contributed by atoms with Crippen molar-refractivity contribution in [2.24, 2.45) is 0 Å². The third kappa shape index (κ3) is 2.40. The van der Waals surface area contributed by atoms with Crippen molar-refractivity contribution in [3.8, 4) is 0 Å². The molecular formula is C12H16ClN3OS. The first-order chi connectivity index (χ1) is 8.76. The second-order valence-corrected chi connectivity index (χ2v) is 5.89. The summed E-state index contributed by atoms with van der Waals surface area (Å²) in [5.41, 5.74) is 1.11. The average molecular weight is 286 g/mol. The van der Waals surface area contributed by atoms with Crippen LogP contribution in [0, 0.1) is 0 Å². The van der Waals surface area contributed by atoms with Gasteiger partial charge in [-0.05, 0) is 6.92 Å². The number of ether oxygens (including phenoxy) is 1. The van der Waals surface area contributed by atoms with E-state index in [1.165, 1.54) is 0 Å². The molecule has 4 nitrogen and oxygen atoms in total. The summed E-state index contributed by atoms with van der Waals surface area (Å²) in [6, 6.07) is 0.421. The normalized spacial score (nSPS) is 25.9. The number of morpholine rings is 1. The van der Waals surface area contributed by atoms with Gasteiger partial charge in [0, 0.05) is 42.8 Å². The van der Waals surface area contributed by atoms with Crippen LogP contribution in [0.1, 0.15) is 12.6 Å². The highest BCUT2D eigenvalue weighted by molar-refractivity contribution is 7.15. The number of alkyl halides is 1. The standard InChI is InChI=1S/C12H16ClN3OS/c1-9-8-17-11(4-13)7-16(9)6-10-5-15-2-3-18-12(15)14-10/h2-3,5,9,11H,4,6-8H2,1H3. The van der Waals surface area contributed by atoms with Crippen LogP contribution in [0.2, 0.25) is 0 Å². The molecule has 0 radical (unpaired) electrons. The first-order valence-corrected chi connectivity index (χ1v) is 7.50. The van der Waals surface area contributed by atoms with Crippen LogP contribution in [-0.2, 0) is 11.3 Å². The van der Waals surface area contributed by atoms with Crippen LogP contribution in [0.15, 0.2) is 17.8 Å². The van der Waals surface area contributed by atoms with Crippen LogP contribution in [-0.4, -0.2) is 45.5 Å². The van der Waals surface area contributed by atoms with Gasteiger partial charge < -0.3 is 4.74 Å². The quantitative estimate of drug-likeness (QED) is 0.810. The number of halogens is 1. The number of hydrogen-bond donors (Lipinski definition) is 0. The van der Waals surface area contributed by atoms with Crippen molar-refractivity contribution >= 4 is 27.9 Å². The molecule has 0 bridgehead atoms. The van der Waals surface area contributed by atoms with E-state index in [2.05, 4.69) is 27.4 Å². The molecule has 0 aromatic carbocycles. The number of rotatable bonds is 3. The summed E-state index contributed by atoms with van der Waals surface area (Å²) < 4.78 is 7.73. The molecule has 1 aliphatic rings. The predicted molar refractivity (Wildman–Crippen MR) is 73.4 cm³/mol. The van der Waals surface area contributed by atoms with E-state index in [4.69, 9.17) is 16.3 Å². The molecule has 18 heavy (non-hydrogen) atoms. The second-order valence-electron chi connectivity index (χ2n) is 4.71. The molecule has 2 aromatic rings. The number of aromatic nitrogens is 2. The molecule has 98 valence electrons. The van der Waals surface area contributed by atoms with E-state index in [-0.39, 0.29) is 6.10 Å². The SMILES string of the molecule is CC1COC(CCl)CN1Cc1cn2ccsc2n1. The molecule has 0 amide bonds. The van der Waals surface area contributed by atoms with Gasteiger partial charge in [-0.15, -0.1) is 22.9 Å². The number of imidazole rings is 1. The van der Waals surface area contributed by atoms with Gasteiger partial charge in [-0.25, -0.2) is 4.98 Å². The Labute approximate surface area is 115 Å². The third-order valence-electron chi connectivity index (χ3n) is 3.31. The Kier molecular flexibility index (Phi) is 3.56. The minimum absolute atomic E-state index is 0.145. The molecular weight excluding hydrogens is 270 g/mol. The predicted octanol–water partition coefficient (Wildman–Crippen LogP) is 2.22. The van der Waals surface area contributed by atoms with E-state index in [9.17, 15) is 0 Å².